The van der Waals surface area contributed by atoms with Gasteiger partial charge in [-0.3, -0.25) is 4.90 Å². The van der Waals surface area contributed by atoms with E-state index in [1.807, 2.05) is 6.07 Å². The van der Waals surface area contributed by atoms with Gasteiger partial charge < -0.3 is 15.3 Å². The zero-order valence-corrected chi connectivity index (χ0v) is 13.7. The van der Waals surface area contributed by atoms with Crippen LogP contribution in [0.1, 0.15) is 25.0 Å². The molecule has 0 bridgehead atoms. The number of pyridine rings is 1. The van der Waals surface area contributed by atoms with Gasteiger partial charge in [0, 0.05) is 38.8 Å². The predicted octanol–water partition coefficient (Wildman–Crippen LogP) is 1.26. The average Bonchev–Trinajstić information content (AvgIpc) is 3.41. The summed E-state index contributed by atoms with van der Waals surface area (Å²) >= 11 is 0. The Bertz CT molecular complexity index is 608. The fraction of sp³-hybridized carbons (Fsp3) is 0.588. The van der Waals surface area contributed by atoms with Gasteiger partial charge in [-0.05, 0) is 37.3 Å². The average molecular weight is 329 g/mol. The summed E-state index contributed by atoms with van der Waals surface area (Å²) in [6.45, 7) is 3.38. The molecule has 2 N–H and O–H groups in total. The number of nitrogens with one attached hydrogen (secondary N) is 1. The molecule has 128 valence electrons. The lowest BCUT2D eigenvalue weighted by atomic mass is 10.1. The minimum absolute atomic E-state index is 0.140. The molecule has 2 aliphatic rings. The molecule has 1 saturated heterocycles. The van der Waals surface area contributed by atoms with Crippen LogP contribution in [-0.2, 0) is 0 Å². The maximum absolute atomic E-state index is 12.5. The van der Waals surface area contributed by atoms with E-state index >= 15 is 0 Å². The lowest BCUT2D eigenvalue weighted by Crippen LogP contribution is -2.56. The summed E-state index contributed by atoms with van der Waals surface area (Å²) in [4.78, 5) is 20.6. The summed E-state index contributed by atoms with van der Waals surface area (Å²) in [5, 5.41) is 20.9. The number of piperazine rings is 1. The zero-order chi connectivity index (χ0) is 16.9. The van der Waals surface area contributed by atoms with Crippen molar-refractivity contribution < 1.29 is 9.90 Å². The van der Waals surface area contributed by atoms with Crippen molar-refractivity contribution in [1.29, 1.82) is 5.26 Å². The first-order valence-corrected chi connectivity index (χ1v) is 8.46. The van der Waals surface area contributed by atoms with Crippen LogP contribution in [0.2, 0.25) is 0 Å². The summed E-state index contributed by atoms with van der Waals surface area (Å²) in [7, 11) is 0. The van der Waals surface area contributed by atoms with Gasteiger partial charge in [0.2, 0.25) is 0 Å². The van der Waals surface area contributed by atoms with Gasteiger partial charge >= 0.3 is 6.03 Å². The first-order chi connectivity index (χ1) is 11.7. The summed E-state index contributed by atoms with van der Waals surface area (Å²) in [6, 6.07) is 5.27. The van der Waals surface area contributed by atoms with Crippen LogP contribution < -0.4 is 5.32 Å². The molecule has 2 heterocycles. The number of aromatic nitrogens is 1. The van der Waals surface area contributed by atoms with Gasteiger partial charge in [0.1, 0.15) is 11.8 Å². The lowest BCUT2D eigenvalue weighted by molar-refractivity contribution is 0.0739. The summed E-state index contributed by atoms with van der Waals surface area (Å²) in [5.41, 5.74) is 0.905. The molecule has 1 aromatic rings. The third kappa shape index (κ3) is 4.22. The number of aliphatic hydroxyl groups is 1. The molecule has 0 spiro atoms. The van der Waals surface area contributed by atoms with Crippen LogP contribution in [0.25, 0.3) is 0 Å². The fourth-order valence-corrected chi connectivity index (χ4v) is 3.11. The van der Waals surface area contributed by atoms with Gasteiger partial charge in [0.15, 0.2) is 0 Å². The Morgan fingerprint density at radius 3 is 2.88 bits per heavy atom. The van der Waals surface area contributed by atoms with E-state index in [1.54, 1.807) is 17.0 Å². The number of nitriles is 1. The summed E-state index contributed by atoms with van der Waals surface area (Å²) in [5.74, 6) is 0.802. The summed E-state index contributed by atoms with van der Waals surface area (Å²) in [6.07, 6.45) is 4.79. The van der Waals surface area contributed by atoms with Crippen LogP contribution in [0.15, 0.2) is 18.3 Å². The Morgan fingerprint density at radius 2 is 2.25 bits per heavy atom. The molecule has 1 aromatic heterocycles. The van der Waals surface area contributed by atoms with Gasteiger partial charge in [-0.2, -0.15) is 5.26 Å². The van der Waals surface area contributed by atoms with E-state index in [1.165, 1.54) is 19.0 Å². The molecule has 0 radical (unpaired) electrons. The minimum atomic E-state index is -0.157. The van der Waals surface area contributed by atoms with Crippen molar-refractivity contribution >= 4 is 11.7 Å². The van der Waals surface area contributed by atoms with Crippen LogP contribution in [-0.4, -0.2) is 64.7 Å². The van der Waals surface area contributed by atoms with Gasteiger partial charge in [-0.25, -0.2) is 9.78 Å². The van der Waals surface area contributed by atoms with Crippen molar-refractivity contribution in [2.45, 2.75) is 25.3 Å². The fourth-order valence-electron chi connectivity index (χ4n) is 3.11. The monoisotopic (exact) mass is 329 g/mol. The molecule has 7 nitrogen and oxygen atoms in total. The SMILES string of the molecule is N#Cc1ccc(NC(=O)N2CCN(CC3CC3)[C@H](CCO)C2)cn1. The predicted molar refractivity (Wildman–Crippen MR) is 89.3 cm³/mol. The van der Waals surface area contributed by atoms with Crippen LogP contribution in [0, 0.1) is 17.2 Å². The standard InChI is InChI=1S/C17H23N5O2/c18-9-14-3-4-15(10-19-14)20-17(24)22-7-6-21(11-13-1-2-13)16(12-22)5-8-23/h3-4,10,13,16,23H,1-2,5-8,11-12H2,(H,20,24)/t16-/m1/s1. The van der Waals surface area contributed by atoms with Crippen LogP contribution >= 0.6 is 0 Å². The van der Waals surface area contributed by atoms with Crippen molar-refractivity contribution in [1.82, 2.24) is 14.8 Å². The smallest absolute Gasteiger partial charge is 0.321 e. The molecule has 1 aliphatic carbocycles. The van der Waals surface area contributed by atoms with Gasteiger partial charge in [0.05, 0.1) is 11.9 Å². The Kier molecular flexibility index (Phi) is 5.28. The quantitative estimate of drug-likeness (QED) is 0.848. The maximum atomic E-state index is 12.5. The molecule has 1 aliphatic heterocycles. The number of hydrogen-bond acceptors (Lipinski definition) is 5. The molecule has 0 unspecified atom stereocenters. The number of urea groups is 1. The number of rotatable bonds is 5. The highest BCUT2D eigenvalue weighted by Crippen LogP contribution is 2.31. The molecule has 7 heteroatoms. The number of anilines is 1. The van der Waals surface area contributed by atoms with E-state index in [9.17, 15) is 9.90 Å². The van der Waals surface area contributed by atoms with E-state index in [4.69, 9.17) is 5.26 Å². The number of nitrogens with zero attached hydrogens (tertiary/aromatic N) is 4. The van der Waals surface area contributed by atoms with Gasteiger partial charge in [-0.15, -0.1) is 0 Å². The van der Waals surface area contributed by atoms with Crippen molar-refractivity contribution in [2.24, 2.45) is 5.92 Å². The molecule has 3 rings (SSSR count). The number of carbonyl (C=O) groups is 1. The highest BCUT2D eigenvalue weighted by atomic mass is 16.3. The van der Waals surface area contributed by atoms with Crippen LogP contribution in [0.5, 0.6) is 0 Å². The molecule has 0 aromatic carbocycles. The zero-order valence-electron chi connectivity index (χ0n) is 13.7. The highest BCUT2D eigenvalue weighted by molar-refractivity contribution is 5.89. The topological polar surface area (TPSA) is 92.5 Å². The van der Waals surface area contributed by atoms with Crippen molar-refractivity contribution in [3.8, 4) is 6.07 Å². The third-order valence-corrected chi connectivity index (χ3v) is 4.67. The first-order valence-electron chi connectivity index (χ1n) is 8.46. The van der Waals surface area contributed by atoms with E-state index < -0.39 is 0 Å². The molecule has 1 saturated carbocycles. The van der Waals surface area contributed by atoms with Crippen LogP contribution in [0.4, 0.5) is 10.5 Å². The summed E-state index contributed by atoms with van der Waals surface area (Å²) < 4.78 is 0. The van der Waals surface area contributed by atoms with Crippen molar-refractivity contribution in [2.75, 3.05) is 38.1 Å². The Morgan fingerprint density at radius 1 is 1.42 bits per heavy atom. The van der Waals surface area contributed by atoms with Gasteiger partial charge in [-0.1, -0.05) is 0 Å². The first kappa shape index (κ1) is 16.7. The normalized spacial score (nSPS) is 21.3. The van der Waals surface area contributed by atoms with E-state index in [2.05, 4.69) is 15.2 Å². The number of carbonyl (C=O) groups excluding carboxylic acids is 1. The molecule has 1 atom stereocenters. The van der Waals surface area contributed by atoms with E-state index in [0.29, 0.717) is 30.9 Å². The molecular formula is C17H23N5O2. The van der Waals surface area contributed by atoms with E-state index in [0.717, 1.165) is 19.0 Å². The number of hydrogen-bond donors (Lipinski definition) is 2. The minimum Gasteiger partial charge on any atom is -0.396 e. The van der Waals surface area contributed by atoms with E-state index in [-0.39, 0.29) is 18.7 Å². The molecule has 2 amide bonds. The Labute approximate surface area is 141 Å². The molecule has 24 heavy (non-hydrogen) atoms. The second-order valence-electron chi connectivity index (χ2n) is 6.52. The number of amides is 2. The van der Waals surface area contributed by atoms with Gasteiger partial charge in [0.25, 0.3) is 0 Å². The van der Waals surface area contributed by atoms with Crippen molar-refractivity contribution in [3.05, 3.63) is 24.0 Å². The highest BCUT2D eigenvalue weighted by Gasteiger charge is 2.33. The molecular weight excluding hydrogens is 306 g/mol. The maximum Gasteiger partial charge on any atom is 0.321 e. The third-order valence-electron chi connectivity index (χ3n) is 4.67. The van der Waals surface area contributed by atoms with Crippen molar-refractivity contribution in [3.63, 3.8) is 0 Å². The molecule has 2 fully saturated rings. The Hall–Kier alpha value is -2.17. The second kappa shape index (κ2) is 7.60. The van der Waals surface area contributed by atoms with Crippen LogP contribution in [0.3, 0.4) is 0 Å². The largest absolute Gasteiger partial charge is 0.396 e. The number of aliphatic hydroxyl groups excluding tert-OH is 1. The lowest BCUT2D eigenvalue weighted by Gasteiger charge is -2.41. The second-order valence-corrected chi connectivity index (χ2v) is 6.52. The Balaban J connectivity index is 1.57.